The summed E-state index contributed by atoms with van der Waals surface area (Å²) in [5.41, 5.74) is 0. The minimum Gasteiger partial charge on any atom is -0.312 e. The zero-order valence-corrected chi connectivity index (χ0v) is 13.0. The van der Waals surface area contributed by atoms with Crippen LogP contribution in [0.1, 0.15) is 49.8 Å². The van der Waals surface area contributed by atoms with Crippen molar-refractivity contribution >= 4 is 11.3 Å². The third kappa shape index (κ3) is 5.98. The van der Waals surface area contributed by atoms with Crippen LogP contribution in [0, 0.1) is 0 Å². The molecule has 0 spiro atoms. The van der Waals surface area contributed by atoms with Gasteiger partial charge in [-0.2, -0.15) is 0 Å². The molecule has 1 aromatic heterocycles. The van der Waals surface area contributed by atoms with Crippen molar-refractivity contribution < 1.29 is 0 Å². The number of nitrogens with one attached hydrogen (secondary N) is 1. The van der Waals surface area contributed by atoms with Gasteiger partial charge in [-0.1, -0.05) is 20.8 Å². The van der Waals surface area contributed by atoms with Crippen LogP contribution in [0.3, 0.4) is 0 Å². The smallest absolute Gasteiger partial charge is 0.0328 e. The summed E-state index contributed by atoms with van der Waals surface area (Å²) in [5.74, 6) is 0. The summed E-state index contributed by atoms with van der Waals surface area (Å²) in [5, 5.41) is 3.47. The lowest BCUT2D eigenvalue weighted by Crippen LogP contribution is -2.24. The van der Waals surface area contributed by atoms with E-state index in [9.17, 15) is 0 Å². The summed E-state index contributed by atoms with van der Waals surface area (Å²) >= 11 is 1.96. The van der Waals surface area contributed by atoms with E-state index in [0.717, 1.165) is 19.6 Å². The molecule has 1 N–H and O–H groups in total. The normalized spacial score (nSPS) is 11.3. The molecule has 1 heterocycles. The number of hydrogen-bond donors (Lipinski definition) is 1. The summed E-state index contributed by atoms with van der Waals surface area (Å²) < 4.78 is 0. The molecule has 0 fully saturated rings. The maximum Gasteiger partial charge on any atom is 0.0328 e. The van der Waals surface area contributed by atoms with Gasteiger partial charge in [0.2, 0.25) is 0 Å². The standard InChI is InChI=1S/C15H28N2S/c1-4-9-16-12-14-7-8-15(18-14)13-17(10-5-2)11-6-3/h7-8,16H,4-6,9-13H2,1-3H3. The Labute approximate surface area is 116 Å². The van der Waals surface area contributed by atoms with E-state index in [1.165, 1.54) is 42.1 Å². The number of hydrogen-bond acceptors (Lipinski definition) is 3. The zero-order chi connectivity index (χ0) is 13.2. The van der Waals surface area contributed by atoms with Crippen LogP contribution in [0.25, 0.3) is 0 Å². The molecule has 0 saturated heterocycles. The van der Waals surface area contributed by atoms with Crippen LogP contribution in [0.4, 0.5) is 0 Å². The molecule has 18 heavy (non-hydrogen) atoms. The number of nitrogens with zero attached hydrogens (tertiary/aromatic N) is 1. The summed E-state index contributed by atoms with van der Waals surface area (Å²) in [6, 6.07) is 4.57. The van der Waals surface area contributed by atoms with Gasteiger partial charge in [-0.05, 0) is 51.0 Å². The number of rotatable bonds is 10. The fraction of sp³-hybridized carbons (Fsp3) is 0.733. The Morgan fingerprint density at radius 2 is 1.67 bits per heavy atom. The van der Waals surface area contributed by atoms with Crippen LogP contribution >= 0.6 is 11.3 Å². The third-order valence-electron chi connectivity index (χ3n) is 2.90. The lowest BCUT2D eigenvalue weighted by Gasteiger charge is -2.19. The second-order valence-electron chi connectivity index (χ2n) is 4.82. The van der Waals surface area contributed by atoms with E-state index < -0.39 is 0 Å². The first-order valence-corrected chi connectivity index (χ1v) is 8.12. The highest BCUT2D eigenvalue weighted by Crippen LogP contribution is 2.18. The first-order valence-electron chi connectivity index (χ1n) is 7.30. The Kier molecular flexibility index (Phi) is 8.31. The molecule has 0 aromatic carbocycles. The molecule has 3 heteroatoms. The maximum absolute atomic E-state index is 3.47. The van der Waals surface area contributed by atoms with E-state index in [2.05, 4.69) is 43.1 Å². The summed E-state index contributed by atoms with van der Waals surface area (Å²) in [6.45, 7) is 12.4. The summed E-state index contributed by atoms with van der Waals surface area (Å²) in [4.78, 5) is 5.53. The van der Waals surface area contributed by atoms with Crippen LogP contribution in [0.5, 0.6) is 0 Å². The van der Waals surface area contributed by atoms with Crippen molar-refractivity contribution in [3.05, 3.63) is 21.9 Å². The first-order chi connectivity index (χ1) is 8.80. The van der Waals surface area contributed by atoms with E-state index in [-0.39, 0.29) is 0 Å². The van der Waals surface area contributed by atoms with E-state index in [1.54, 1.807) is 0 Å². The molecule has 0 radical (unpaired) electrons. The minimum absolute atomic E-state index is 1.03. The molecule has 0 saturated carbocycles. The van der Waals surface area contributed by atoms with Crippen molar-refractivity contribution in [2.75, 3.05) is 19.6 Å². The lowest BCUT2D eigenvalue weighted by molar-refractivity contribution is 0.269. The molecule has 0 aliphatic rings. The molecule has 2 nitrogen and oxygen atoms in total. The topological polar surface area (TPSA) is 15.3 Å². The van der Waals surface area contributed by atoms with Crippen molar-refractivity contribution in [3.63, 3.8) is 0 Å². The molecular formula is C15H28N2S. The molecule has 0 aliphatic heterocycles. The largest absolute Gasteiger partial charge is 0.312 e. The molecule has 0 atom stereocenters. The van der Waals surface area contributed by atoms with Gasteiger partial charge in [0.1, 0.15) is 0 Å². The number of thiophene rings is 1. The van der Waals surface area contributed by atoms with Crippen molar-refractivity contribution in [1.82, 2.24) is 10.2 Å². The lowest BCUT2D eigenvalue weighted by atomic mass is 10.3. The highest BCUT2D eigenvalue weighted by Gasteiger charge is 2.06. The molecule has 0 bridgehead atoms. The molecular weight excluding hydrogens is 240 g/mol. The van der Waals surface area contributed by atoms with Crippen LogP contribution in [0.15, 0.2) is 12.1 Å². The van der Waals surface area contributed by atoms with Crippen LogP contribution < -0.4 is 5.32 Å². The van der Waals surface area contributed by atoms with Gasteiger partial charge in [0.25, 0.3) is 0 Å². The SMILES string of the molecule is CCCNCc1ccc(CN(CCC)CCC)s1. The predicted molar refractivity (Wildman–Crippen MR) is 82.2 cm³/mol. The van der Waals surface area contributed by atoms with Crippen molar-refractivity contribution in [1.29, 1.82) is 0 Å². The average Bonchev–Trinajstić information content (AvgIpc) is 2.78. The van der Waals surface area contributed by atoms with Gasteiger partial charge in [-0.15, -0.1) is 11.3 Å². The summed E-state index contributed by atoms with van der Waals surface area (Å²) in [7, 11) is 0. The van der Waals surface area contributed by atoms with Gasteiger partial charge in [-0.3, -0.25) is 4.90 Å². The van der Waals surface area contributed by atoms with Crippen molar-refractivity contribution in [2.24, 2.45) is 0 Å². The first kappa shape index (κ1) is 15.7. The van der Waals surface area contributed by atoms with Gasteiger partial charge in [0, 0.05) is 22.8 Å². The van der Waals surface area contributed by atoms with Crippen molar-refractivity contribution in [2.45, 2.75) is 53.1 Å². The molecule has 0 amide bonds. The second kappa shape index (κ2) is 9.54. The van der Waals surface area contributed by atoms with Crippen LogP contribution in [-0.4, -0.2) is 24.5 Å². The quantitative estimate of drug-likeness (QED) is 0.648. The maximum atomic E-state index is 3.47. The zero-order valence-electron chi connectivity index (χ0n) is 12.2. The van der Waals surface area contributed by atoms with Gasteiger partial charge in [0.05, 0.1) is 0 Å². The van der Waals surface area contributed by atoms with E-state index >= 15 is 0 Å². The van der Waals surface area contributed by atoms with Gasteiger partial charge in [0.15, 0.2) is 0 Å². The average molecular weight is 268 g/mol. The summed E-state index contributed by atoms with van der Waals surface area (Å²) in [6.07, 6.45) is 3.70. The van der Waals surface area contributed by atoms with E-state index in [0.29, 0.717) is 0 Å². The fourth-order valence-electron chi connectivity index (χ4n) is 2.11. The Hall–Kier alpha value is -0.380. The Bertz CT molecular complexity index is 303. The van der Waals surface area contributed by atoms with E-state index in [1.807, 2.05) is 11.3 Å². The Balaban J connectivity index is 2.40. The fourth-order valence-corrected chi connectivity index (χ4v) is 3.14. The third-order valence-corrected chi connectivity index (χ3v) is 3.97. The van der Waals surface area contributed by atoms with Gasteiger partial charge < -0.3 is 5.32 Å². The van der Waals surface area contributed by atoms with Gasteiger partial charge >= 0.3 is 0 Å². The second-order valence-corrected chi connectivity index (χ2v) is 6.07. The van der Waals surface area contributed by atoms with Crippen molar-refractivity contribution in [3.8, 4) is 0 Å². The Morgan fingerprint density at radius 1 is 1.00 bits per heavy atom. The molecule has 0 unspecified atom stereocenters. The molecule has 1 aromatic rings. The highest BCUT2D eigenvalue weighted by atomic mass is 32.1. The highest BCUT2D eigenvalue weighted by molar-refractivity contribution is 7.11. The molecule has 0 aliphatic carbocycles. The minimum atomic E-state index is 1.03. The molecule has 104 valence electrons. The molecule has 1 rings (SSSR count). The van der Waals surface area contributed by atoms with Crippen LogP contribution in [-0.2, 0) is 13.1 Å². The predicted octanol–water partition coefficient (Wildman–Crippen LogP) is 3.87. The monoisotopic (exact) mass is 268 g/mol. The Morgan fingerprint density at radius 3 is 2.28 bits per heavy atom. The van der Waals surface area contributed by atoms with E-state index in [4.69, 9.17) is 0 Å². The van der Waals surface area contributed by atoms with Crippen LogP contribution in [0.2, 0.25) is 0 Å². The van der Waals surface area contributed by atoms with Gasteiger partial charge in [-0.25, -0.2) is 0 Å².